The molecule has 0 unspecified atom stereocenters. The fourth-order valence-corrected chi connectivity index (χ4v) is 2.09. The van der Waals surface area contributed by atoms with Gasteiger partial charge in [-0.3, -0.25) is 0 Å². The normalized spacial score (nSPS) is 18.4. The van der Waals surface area contributed by atoms with Gasteiger partial charge in [0.15, 0.2) is 0 Å². The maximum atomic E-state index is 8.66. The van der Waals surface area contributed by atoms with Gasteiger partial charge in [0.2, 0.25) is 0 Å². The van der Waals surface area contributed by atoms with Crippen LogP contribution in [0.15, 0.2) is 18.3 Å². The maximum absolute atomic E-state index is 8.66. The Labute approximate surface area is 102 Å². The maximum Gasteiger partial charge on any atom is 0.140 e. The number of aromatic nitrogens is 1. The molecule has 2 N–H and O–H groups in total. The van der Waals surface area contributed by atoms with Crippen molar-refractivity contribution in [3.8, 4) is 6.07 Å². The molecule has 0 radical (unpaired) electrons. The topological polar surface area (TPSA) is 60.7 Å². The molecule has 0 bridgehead atoms. The van der Waals surface area contributed by atoms with E-state index in [4.69, 9.17) is 5.26 Å². The van der Waals surface area contributed by atoms with Gasteiger partial charge in [-0.2, -0.15) is 5.26 Å². The quantitative estimate of drug-likeness (QED) is 0.830. The lowest BCUT2D eigenvalue weighted by Crippen LogP contribution is -2.39. The monoisotopic (exact) mass is 230 g/mol. The molecule has 1 aromatic rings. The minimum Gasteiger partial charge on any atom is -0.383 e. The van der Waals surface area contributed by atoms with E-state index in [9.17, 15) is 0 Å². The molecular formula is C13H18N4. The van der Waals surface area contributed by atoms with Gasteiger partial charge in [0.1, 0.15) is 11.8 Å². The van der Waals surface area contributed by atoms with Gasteiger partial charge < -0.3 is 10.6 Å². The van der Waals surface area contributed by atoms with Crippen molar-refractivity contribution < 1.29 is 0 Å². The van der Waals surface area contributed by atoms with E-state index in [1.807, 2.05) is 12.1 Å². The van der Waals surface area contributed by atoms with Crippen LogP contribution in [0.3, 0.4) is 0 Å². The Kier molecular flexibility index (Phi) is 3.60. The summed E-state index contributed by atoms with van der Waals surface area (Å²) < 4.78 is 0. The number of nitrogens with zero attached hydrogens (tertiary/aromatic N) is 2. The molecule has 90 valence electrons. The first-order chi connectivity index (χ1) is 8.22. The van der Waals surface area contributed by atoms with Gasteiger partial charge in [0.05, 0.1) is 11.9 Å². The number of nitrogens with one attached hydrogen (secondary N) is 2. The smallest absolute Gasteiger partial charge is 0.140 e. The third-order valence-electron chi connectivity index (χ3n) is 3.41. The largest absolute Gasteiger partial charge is 0.383 e. The minimum absolute atomic E-state index is 0.360. The predicted molar refractivity (Wildman–Crippen MR) is 67.7 cm³/mol. The summed E-state index contributed by atoms with van der Waals surface area (Å²) in [5, 5.41) is 15.4. The summed E-state index contributed by atoms with van der Waals surface area (Å²) in [6.45, 7) is 5.48. The fourth-order valence-electron chi connectivity index (χ4n) is 2.09. The molecule has 0 aliphatic carbocycles. The standard InChI is InChI=1S/C13H18N4/c1-13(4-6-15-7-5-13)10-17-12-3-2-11(8-14)16-9-12/h2-3,9,15,17H,4-7,10H2,1H3. The fraction of sp³-hybridized carbons (Fsp3) is 0.538. The summed E-state index contributed by atoms with van der Waals surface area (Å²) >= 11 is 0. The molecule has 2 heterocycles. The van der Waals surface area contributed by atoms with E-state index < -0.39 is 0 Å². The van der Waals surface area contributed by atoms with Crippen molar-refractivity contribution in [3.63, 3.8) is 0 Å². The van der Waals surface area contributed by atoms with Crippen molar-refractivity contribution in [3.05, 3.63) is 24.0 Å². The summed E-state index contributed by atoms with van der Waals surface area (Å²) in [4.78, 5) is 4.05. The van der Waals surface area contributed by atoms with Gasteiger partial charge in [-0.1, -0.05) is 6.92 Å². The van der Waals surface area contributed by atoms with E-state index in [0.29, 0.717) is 11.1 Å². The molecule has 0 saturated carbocycles. The lowest BCUT2D eigenvalue weighted by Gasteiger charge is -2.34. The molecule has 0 amide bonds. The van der Waals surface area contributed by atoms with Gasteiger partial charge in [0, 0.05) is 6.54 Å². The lowest BCUT2D eigenvalue weighted by atomic mass is 9.81. The number of hydrogen-bond acceptors (Lipinski definition) is 4. The van der Waals surface area contributed by atoms with Crippen LogP contribution in [0.2, 0.25) is 0 Å². The van der Waals surface area contributed by atoms with Crippen LogP contribution in [0.5, 0.6) is 0 Å². The van der Waals surface area contributed by atoms with E-state index in [-0.39, 0.29) is 0 Å². The van der Waals surface area contributed by atoms with Crippen molar-refractivity contribution in [1.29, 1.82) is 5.26 Å². The van der Waals surface area contributed by atoms with Crippen molar-refractivity contribution in [1.82, 2.24) is 10.3 Å². The molecule has 1 fully saturated rings. The summed E-state index contributed by atoms with van der Waals surface area (Å²) in [5.74, 6) is 0. The molecule has 0 aromatic carbocycles. The summed E-state index contributed by atoms with van der Waals surface area (Å²) in [5.41, 5.74) is 1.81. The summed E-state index contributed by atoms with van der Waals surface area (Å²) in [7, 11) is 0. The second-order valence-electron chi connectivity index (χ2n) is 4.96. The zero-order valence-electron chi connectivity index (χ0n) is 10.2. The molecule has 4 heteroatoms. The molecule has 0 spiro atoms. The van der Waals surface area contributed by atoms with Crippen LogP contribution in [0.4, 0.5) is 5.69 Å². The third-order valence-corrected chi connectivity index (χ3v) is 3.41. The van der Waals surface area contributed by atoms with Gasteiger partial charge in [-0.25, -0.2) is 4.98 Å². The van der Waals surface area contributed by atoms with Gasteiger partial charge in [-0.15, -0.1) is 0 Å². The van der Waals surface area contributed by atoms with E-state index in [2.05, 4.69) is 22.5 Å². The van der Waals surface area contributed by atoms with E-state index in [1.165, 1.54) is 12.8 Å². The Balaban J connectivity index is 1.90. The van der Waals surface area contributed by atoms with Gasteiger partial charge in [-0.05, 0) is 43.5 Å². The first-order valence-electron chi connectivity index (χ1n) is 6.03. The number of nitriles is 1. The van der Waals surface area contributed by atoms with Crippen LogP contribution < -0.4 is 10.6 Å². The number of anilines is 1. The highest BCUT2D eigenvalue weighted by atomic mass is 14.9. The molecule has 1 aliphatic rings. The predicted octanol–water partition coefficient (Wildman–Crippen LogP) is 1.75. The molecule has 1 aromatic heterocycles. The second kappa shape index (κ2) is 5.15. The first kappa shape index (κ1) is 11.9. The van der Waals surface area contributed by atoms with E-state index in [0.717, 1.165) is 25.3 Å². The Morgan fingerprint density at radius 1 is 1.47 bits per heavy atom. The molecule has 2 rings (SSSR count). The lowest BCUT2D eigenvalue weighted by molar-refractivity contribution is 0.247. The Morgan fingerprint density at radius 2 is 2.24 bits per heavy atom. The third kappa shape index (κ3) is 3.18. The van der Waals surface area contributed by atoms with Gasteiger partial charge >= 0.3 is 0 Å². The highest BCUT2D eigenvalue weighted by Crippen LogP contribution is 2.28. The molecule has 0 atom stereocenters. The van der Waals surface area contributed by atoms with Crippen molar-refractivity contribution in [2.45, 2.75) is 19.8 Å². The zero-order valence-corrected chi connectivity index (χ0v) is 10.2. The number of piperidine rings is 1. The molecule has 4 nitrogen and oxygen atoms in total. The molecule has 1 saturated heterocycles. The van der Waals surface area contributed by atoms with Crippen LogP contribution in [0.1, 0.15) is 25.5 Å². The Hall–Kier alpha value is -1.60. The van der Waals surface area contributed by atoms with Crippen LogP contribution in [-0.2, 0) is 0 Å². The second-order valence-corrected chi connectivity index (χ2v) is 4.96. The van der Waals surface area contributed by atoms with Crippen LogP contribution in [0.25, 0.3) is 0 Å². The Bertz CT molecular complexity index is 398. The van der Waals surface area contributed by atoms with Crippen LogP contribution >= 0.6 is 0 Å². The Morgan fingerprint density at radius 3 is 2.82 bits per heavy atom. The van der Waals surface area contributed by atoms with E-state index in [1.54, 1.807) is 12.3 Å². The number of pyridine rings is 1. The number of hydrogen-bond donors (Lipinski definition) is 2. The summed E-state index contributed by atoms with van der Waals surface area (Å²) in [6, 6.07) is 5.68. The zero-order chi connectivity index (χ0) is 12.1. The highest BCUT2D eigenvalue weighted by molar-refractivity contribution is 5.42. The van der Waals surface area contributed by atoms with Crippen LogP contribution in [0, 0.1) is 16.7 Å². The molecule has 17 heavy (non-hydrogen) atoms. The summed E-state index contributed by atoms with van der Waals surface area (Å²) in [6.07, 6.45) is 4.12. The molecular weight excluding hydrogens is 212 g/mol. The SMILES string of the molecule is CC1(CNc2ccc(C#N)nc2)CCNCC1. The van der Waals surface area contributed by atoms with Crippen molar-refractivity contribution in [2.75, 3.05) is 25.0 Å². The first-order valence-corrected chi connectivity index (χ1v) is 6.03. The van der Waals surface area contributed by atoms with Crippen molar-refractivity contribution >= 4 is 5.69 Å². The highest BCUT2D eigenvalue weighted by Gasteiger charge is 2.26. The van der Waals surface area contributed by atoms with E-state index >= 15 is 0 Å². The average Bonchev–Trinajstić information content (AvgIpc) is 2.38. The van der Waals surface area contributed by atoms with Crippen molar-refractivity contribution in [2.24, 2.45) is 5.41 Å². The average molecular weight is 230 g/mol. The molecule has 1 aliphatic heterocycles. The van der Waals surface area contributed by atoms with Gasteiger partial charge in [0.25, 0.3) is 0 Å². The van der Waals surface area contributed by atoms with Crippen LogP contribution in [-0.4, -0.2) is 24.6 Å². The number of rotatable bonds is 3. The minimum atomic E-state index is 0.360.